The van der Waals surface area contributed by atoms with E-state index in [1.165, 1.54) is 0 Å². The summed E-state index contributed by atoms with van der Waals surface area (Å²) in [6, 6.07) is 1.94. The largest absolute Gasteiger partial charge is 0.495 e. The lowest BCUT2D eigenvalue weighted by atomic mass is 10.2. The van der Waals surface area contributed by atoms with Crippen molar-refractivity contribution in [3.05, 3.63) is 22.3 Å². The summed E-state index contributed by atoms with van der Waals surface area (Å²) in [5, 5.41) is 0. The summed E-state index contributed by atoms with van der Waals surface area (Å²) in [7, 11) is 1.61. The minimum atomic E-state index is 0.707. The molecule has 0 amide bonds. The van der Waals surface area contributed by atoms with Crippen LogP contribution in [0, 0.1) is 10.7 Å². The summed E-state index contributed by atoms with van der Waals surface area (Å²) >= 11 is 6.47. The van der Waals surface area contributed by atoms with Crippen LogP contribution in [-0.2, 0) is 0 Å². The number of ether oxygens (including phenoxy) is 1. The van der Waals surface area contributed by atoms with Crippen molar-refractivity contribution in [3.8, 4) is 5.75 Å². The first-order valence-electron chi connectivity index (χ1n) is 3.28. The second kappa shape index (κ2) is 5.10. The number of methoxy groups -OCH3 is 1. The van der Waals surface area contributed by atoms with Crippen molar-refractivity contribution < 1.29 is 9.53 Å². The molecular formula is C8H5I3O2. The van der Waals surface area contributed by atoms with Crippen LogP contribution in [0.4, 0.5) is 0 Å². The third-order valence-corrected chi connectivity index (χ3v) is 4.25. The Hall–Kier alpha value is 0.880. The van der Waals surface area contributed by atoms with Crippen LogP contribution in [0.5, 0.6) is 5.75 Å². The Bertz CT molecular complexity index is 350. The van der Waals surface area contributed by atoms with Crippen LogP contribution >= 0.6 is 67.8 Å². The van der Waals surface area contributed by atoms with Gasteiger partial charge in [-0.3, -0.25) is 4.79 Å². The predicted octanol–water partition coefficient (Wildman–Crippen LogP) is 3.32. The molecule has 1 aromatic rings. The number of benzene rings is 1. The maximum absolute atomic E-state index is 10.8. The van der Waals surface area contributed by atoms with E-state index in [9.17, 15) is 4.79 Å². The van der Waals surface area contributed by atoms with Crippen molar-refractivity contribution in [1.82, 2.24) is 0 Å². The summed E-state index contributed by atoms with van der Waals surface area (Å²) in [5.41, 5.74) is 0.707. The molecule has 0 radical (unpaired) electrons. The molecule has 0 unspecified atom stereocenters. The van der Waals surface area contributed by atoms with Gasteiger partial charge in [0.2, 0.25) is 0 Å². The fourth-order valence-corrected chi connectivity index (χ4v) is 4.95. The Labute approximate surface area is 117 Å². The number of rotatable bonds is 2. The first-order chi connectivity index (χ1) is 6.11. The van der Waals surface area contributed by atoms with Gasteiger partial charge in [-0.05, 0) is 73.8 Å². The van der Waals surface area contributed by atoms with E-state index in [1.807, 2.05) is 6.07 Å². The third-order valence-electron chi connectivity index (χ3n) is 1.49. The average molecular weight is 514 g/mol. The summed E-state index contributed by atoms with van der Waals surface area (Å²) in [6.07, 6.45) is 0.863. The molecule has 0 aliphatic heterocycles. The van der Waals surface area contributed by atoms with E-state index in [-0.39, 0.29) is 0 Å². The molecule has 1 aromatic carbocycles. The lowest BCUT2D eigenvalue weighted by Crippen LogP contribution is -1.98. The summed E-state index contributed by atoms with van der Waals surface area (Å²) in [4.78, 5) is 10.8. The highest BCUT2D eigenvalue weighted by Crippen LogP contribution is 2.32. The Morgan fingerprint density at radius 3 is 2.38 bits per heavy atom. The van der Waals surface area contributed by atoms with Crippen LogP contribution in [0.25, 0.3) is 0 Å². The van der Waals surface area contributed by atoms with E-state index in [1.54, 1.807) is 7.11 Å². The predicted molar refractivity (Wildman–Crippen MR) is 76.5 cm³/mol. The molecule has 1 rings (SSSR count). The maximum atomic E-state index is 10.8. The van der Waals surface area contributed by atoms with E-state index < -0.39 is 0 Å². The molecule has 2 nitrogen and oxygen atoms in total. The van der Waals surface area contributed by atoms with Crippen LogP contribution in [0.2, 0.25) is 0 Å². The molecule has 0 fully saturated rings. The minimum absolute atomic E-state index is 0.707. The molecule has 70 valence electrons. The standard InChI is InChI=1S/C8H5I3O2/c1-13-8-6(10)2-5(9)4(3-12)7(8)11/h2-3H,1H3. The van der Waals surface area contributed by atoms with Crippen LogP contribution in [0.3, 0.4) is 0 Å². The minimum Gasteiger partial charge on any atom is -0.495 e. The molecule has 0 atom stereocenters. The number of hydrogen-bond acceptors (Lipinski definition) is 2. The van der Waals surface area contributed by atoms with Gasteiger partial charge >= 0.3 is 0 Å². The number of carbonyl (C=O) groups is 1. The molecule has 5 heteroatoms. The van der Waals surface area contributed by atoms with Gasteiger partial charge in [0.05, 0.1) is 14.3 Å². The van der Waals surface area contributed by atoms with Gasteiger partial charge in [0.25, 0.3) is 0 Å². The monoisotopic (exact) mass is 514 g/mol. The highest BCUT2D eigenvalue weighted by atomic mass is 127. The zero-order chi connectivity index (χ0) is 10.0. The number of aldehydes is 1. The Balaban J connectivity index is 3.47. The highest BCUT2D eigenvalue weighted by Gasteiger charge is 2.13. The topological polar surface area (TPSA) is 26.3 Å². The molecule has 0 bridgehead atoms. The van der Waals surface area contributed by atoms with Crippen LogP contribution in [-0.4, -0.2) is 13.4 Å². The molecule has 0 spiro atoms. The molecule has 0 aliphatic carbocycles. The van der Waals surface area contributed by atoms with Crippen molar-refractivity contribution in [2.24, 2.45) is 0 Å². The SMILES string of the molecule is COc1c(I)cc(I)c(C=O)c1I. The third kappa shape index (κ3) is 2.46. The van der Waals surface area contributed by atoms with Crippen LogP contribution in [0.15, 0.2) is 6.07 Å². The van der Waals surface area contributed by atoms with E-state index >= 15 is 0 Å². The fraction of sp³-hybridized carbons (Fsp3) is 0.125. The normalized spacial score (nSPS) is 9.85. The zero-order valence-corrected chi connectivity index (χ0v) is 13.1. The van der Waals surface area contributed by atoms with E-state index in [4.69, 9.17) is 4.74 Å². The summed E-state index contributed by atoms with van der Waals surface area (Å²) in [6.45, 7) is 0. The first kappa shape index (κ1) is 12.0. The summed E-state index contributed by atoms with van der Waals surface area (Å²) < 4.78 is 8.06. The van der Waals surface area contributed by atoms with Crippen molar-refractivity contribution in [3.63, 3.8) is 0 Å². The average Bonchev–Trinajstić information content (AvgIpc) is 2.04. The number of carbonyl (C=O) groups excluding carboxylic acids is 1. The fourth-order valence-electron chi connectivity index (χ4n) is 0.882. The Kier molecular flexibility index (Phi) is 4.69. The Morgan fingerprint density at radius 1 is 1.31 bits per heavy atom. The molecule has 13 heavy (non-hydrogen) atoms. The van der Waals surface area contributed by atoms with Gasteiger partial charge in [0, 0.05) is 9.13 Å². The molecular weight excluding hydrogens is 509 g/mol. The second-order valence-corrected chi connectivity index (χ2v) is 5.62. The van der Waals surface area contributed by atoms with Gasteiger partial charge < -0.3 is 4.74 Å². The number of hydrogen-bond donors (Lipinski definition) is 0. The van der Waals surface area contributed by atoms with Gasteiger partial charge in [0.1, 0.15) is 5.75 Å². The molecule has 0 aliphatic rings. The lowest BCUT2D eigenvalue weighted by molar-refractivity contribution is 0.112. The maximum Gasteiger partial charge on any atom is 0.152 e. The van der Waals surface area contributed by atoms with Gasteiger partial charge in [-0.1, -0.05) is 0 Å². The van der Waals surface area contributed by atoms with Crippen molar-refractivity contribution in [2.45, 2.75) is 0 Å². The van der Waals surface area contributed by atoms with Crippen LogP contribution in [0.1, 0.15) is 10.4 Å². The molecule has 0 saturated carbocycles. The van der Waals surface area contributed by atoms with Gasteiger partial charge in [-0.2, -0.15) is 0 Å². The van der Waals surface area contributed by atoms with E-state index in [0.717, 1.165) is 22.7 Å². The smallest absolute Gasteiger partial charge is 0.152 e. The number of halogens is 3. The van der Waals surface area contributed by atoms with E-state index in [2.05, 4.69) is 67.8 Å². The molecule has 0 heterocycles. The lowest BCUT2D eigenvalue weighted by Gasteiger charge is -2.09. The molecule has 0 saturated heterocycles. The second-order valence-electron chi connectivity index (χ2n) is 2.22. The van der Waals surface area contributed by atoms with Crippen LogP contribution < -0.4 is 4.74 Å². The van der Waals surface area contributed by atoms with Crippen molar-refractivity contribution >= 4 is 74.1 Å². The highest BCUT2D eigenvalue weighted by molar-refractivity contribution is 14.1. The van der Waals surface area contributed by atoms with Crippen molar-refractivity contribution in [2.75, 3.05) is 7.11 Å². The molecule has 0 aromatic heterocycles. The Morgan fingerprint density at radius 2 is 1.92 bits per heavy atom. The zero-order valence-electron chi connectivity index (χ0n) is 6.61. The van der Waals surface area contributed by atoms with Gasteiger partial charge in [-0.15, -0.1) is 0 Å². The van der Waals surface area contributed by atoms with Gasteiger partial charge in [-0.25, -0.2) is 0 Å². The van der Waals surface area contributed by atoms with E-state index in [0.29, 0.717) is 5.56 Å². The van der Waals surface area contributed by atoms with Gasteiger partial charge in [0.15, 0.2) is 6.29 Å². The first-order valence-corrected chi connectivity index (χ1v) is 6.52. The quantitative estimate of drug-likeness (QED) is 0.448. The van der Waals surface area contributed by atoms with Crippen molar-refractivity contribution in [1.29, 1.82) is 0 Å². The summed E-state index contributed by atoms with van der Waals surface area (Å²) in [5.74, 6) is 0.781. The molecule has 0 N–H and O–H groups in total.